The largest absolute Gasteiger partial charge is 0.480 e. The van der Waals surface area contributed by atoms with Crippen LogP contribution in [0.5, 0.6) is 0 Å². The van der Waals surface area contributed by atoms with E-state index in [-0.39, 0.29) is 12.5 Å². The maximum Gasteiger partial charge on any atom is 0.323 e. The number of aliphatic carboxylic acids is 1. The number of nitrogens with two attached hydrogens (primary N) is 1. The summed E-state index contributed by atoms with van der Waals surface area (Å²) in [7, 11) is 0. The Morgan fingerprint density at radius 1 is 0.769 bits per heavy atom. The third kappa shape index (κ3) is 17.6. The molecule has 0 bridgehead atoms. The van der Waals surface area contributed by atoms with Crippen LogP contribution in [0.3, 0.4) is 0 Å². The highest BCUT2D eigenvalue weighted by Crippen LogP contribution is 2.13. The molecule has 0 aromatic heterocycles. The van der Waals surface area contributed by atoms with E-state index < -0.39 is 5.97 Å². The highest BCUT2D eigenvalue weighted by atomic mass is 16.4. The van der Waals surface area contributed by atoms with Gasteiger partial charge in [-0.1, -0.05) is 103 Å². The summed E-state index contributed by atoms with van der Waals surface area (Å²) in [6, 6.07) is 0. The van der Waals surface area contributed by atoms with Crippen molar-refractivity contribution in [3.63, 3.8) is 0 Å². The minimum absolute atomic E-state index is 0.145. The number of carboxylic acid groups (broad SMARTS) is 1. The molecule has 0 atom stereocenters. The molecule has 0 unspecified atom stereocenters. The molecule has 0 heterocycles. The van der Waals surface area contributed by atoms with Gasteiger partial charge in [0.05, 0.1) is 0 Å². The van der Waals surface area contributed by atoms with Gasteiger partial charge in [0.2, 0.25) is 0 Å². The van der Waals surface area contributed by atoms with Gasteiger partial charge in [0.1, 0.15) is 6.54 Å². The zero-order valence-electron chi connectivity index (χ0n) is 17.1. The third-order valence-electron chi connectivity index (χ3n) is 4.95. The topological polar surface area (TPSA) is 90.4 Å². The lowest BCUT2D eigenvalue weighted by atomic mass is 10.0. The van der Waals surface area contributed by atoms with Crippen LogP contribution in [0.25, 0.3) is 0 Å². The number of rotatable bonds is 19. The molecule has 0 radical (unpaired) electrons. The molecule has 0 saturated heterocycles. The Bertz CT molecular complexity index is 348. The molecule has 0 rings (SSSR count). The molecule has 0 aliphatic heterocycles. The van der Waals surface area contributed by atoms with Crippen LogP contribution in [-0.2, 0) is 4.79 Å². The van der Waals surface area contributed by atoms with Crippen LogP contribution in [0.2, 0.25) is 0 Å². The number of carbonyl (C=O) groups is 1. The molecule has 5 nitrogen and oxygen atoms in total. The molecule has 0 aromatic rings. The van der Waals surface area contributed by atoms with E-state index in [1.807, 2.05) is 0 Å². The molecular formula is C21H43N3O2. The van der Waals surface area contributed by atoms with Crippen molar-refractivity contribution in [1.82, 2.24) is 4.90 Å². The predicted octanol–water partition coefficient (Wildman–Crippen LogP) is 5.53. The molecular weight excluding hydrogens is 326 g/mol. The minimum atomic E-state index is -0.934. The van der Waals surface area contributed by atoms with Crippen LogP contribution >= 0.6 is 0 Å². The first kappa shape index (κ1) is 24.7. The SMILES string of the molecule is CCCCCCCCCCCCCCCCCCN(CC(=O)O)C(=N)N. The van der Waals surface area contributed by atoms with E-state index in [9.17, 15) is 4.79 Å². The molecule has 26 heavy (non-hydrogen) atoms. The number of guanidine groups is 1. The molecule has 0 aliphatic rings. The molecule has 0 amide bonds. The zero-order valence-corrected chi connectivity index (χ0v) is 17.1. The van der Waals surface area contributed by atoms with Gasteiger partial charge in [-0.2, -0.15) is 0 Å². The van der Waals surface area contributed by atoms with Gasteiger partial charge in [-0.15, -0.1) is 0 Å². The molecule has 0 aromatic carbocycles. The van der Waals surface area contributed by atoms with E-state index in [1.54, 1.807) is 0 Å². The number of carboxylic acids is 1. The Hall–Kier alpha value is -1.26. The Kier molecular flexibility index (Phi) is 17.6. The summed E-state index contributed by atoms with van der Waals surface area (Å²) < 4.78 is 0. The normalized spacial score (nSPS) is 10.8. The summed E-state index contributed by atoms with van der Waals surface area (Å²) in [6.45, 7) is 2.67. The first-order valence-corrected chi connectivity index (χ1v) is 10.9. The number of hydrogen-bond donors (Lipinski definition) is 3. The lowest BCUT2D eigenvalue weighted by Gasteiger charge is -2.20. The summed E-state index contributed by atoms with van der Waals surface area (Å²) >= 11 is 0. The molecule has 0 aliphatic carbocycles. The maximum absolute atomic E-state index is 10.7. The van der Waals surface area contributed by atoms with Crippen LogP contribution in [0.1, 0.15) is 110 Å². The summed E-state index contributed by atoms with van der Waals surface area (Å²) in [5, 5.41) is 16.1. The molecule has 0 spiro atoms. The van der Waals surface area contributed by atoms with E-state index in [2.05, 4.69) is 6.92 Å². The summed E-state index contributed by atoms with van der Waals surface area (Å²) in [5.41, 5.74) is 5.40. The van der Waals surface area contributed by atoms with Crippen LogP contribution in [0.4, 0.5) is 0 Å². The van der Waals surface area contributed by atoms with Crippen molar-refractivity contribution in [3.8, 4) is 0 Å². The summed E-state index contributed by atoms with van der Waals surface area (Å²) in [5.74, 6) is -1.08. The lowest BCUT2D eigenvalue weighted by molar-refractivity contribution is -0.137. The highest BCUT2D eigenvalue weighted by Gasteiger charge is 2.09. The first-order valence-electron chi connectivity index (χ1n) is 10.9. The Labute approximate surface area is 161 Å². The van der Waals surface area contributed by atoms with Crippen LogP contribution < -0.4 is 5.73 Å². The van der Waals surface area contributed by atoms with Crippen molar-refractivity contribution in [2.45, 2.75) is 110 Å². The fourth-order valence-corrected chi connectivity index (χ4v) is 3.30. The smallest absolute Gasteiger partial charge is 0.323 e. The average Bonchev–Trinajstić information content (AvgIpc) is 2.59. The second-order valence-electron chi connectivity index (χ2n) is 7.50. The number of unbranched alkanes of at least 4 members (excludes halogenated alkanes) is 15. The van der Waals surface area contributed by atoms with E-state index in [0.717, 1.165) is 12.8 Å². The van der Waals surface area contributed by atoms with Crippen LogP contribution in [0.15, 0.2) is 0 Å². The van der Waals surface area contributed by atoms with Crippen LogP contribution in [0, 0.1) is 5.41 Å². The van der Waals surface area contributed by atoms with Gasteiger partial charge >= 0.3 is 5.97 Å². The predicted molar refractivity (Wildman–Crippen MR) is 111 cm³/mol. The van der Waals surface area contributed by atoms with Gasteiger partial charge < -0.3 is 15.7 Å². The zero-order chi connectivity index (χ0) is 19.5. The van der Waals surface area contributed by atoms with Gasteiger partial charge in [0.25, 0.3) is 0 Å². The molecule has 5 heteroatoms. The van der Waals surface area contributed by atoms with Gasteiger partial charge in [-0.3, -0.25) is 10.2 Å². The molecule has 4 N–H and O–H groups in total. The van der Waals surface area contributed by atoms with Crippen molar-refractivity contribution in [2.24, 2.45) is 5.73 Å². The van der Waals surface area contributed by atoms with Gasteiger partial charge in [0, 0.05) is 6.54 Å². The van der Waals surface area contributed by atoms with Crippen molar-refractivity contribution < 1.29 is 9.90 Å². The van der Waals surface area contributed by atoms with Gasteiger partial charge in [0.15, 0.2) is 5.96 Å². The van der Waals surface area contributed by atoms with Crippen molar-refractivity contribution in [1.29, 1.82) is 5.41 Å². The fourth-order valence-electron chi connectivity index (χ4n) is 3.30. The second kappa shape index (κ2) is 18.5. The molecule has 0 fully saturated rings. The van der Waals surface area contributed by atoms with E-state index in [0.29, 0.717) is 6.54 Å². The Balaban J connectivity index is 3.26. The minimum Gasteiger partial charge on any atom is -0.480 e. The van der Waals surface area contributed by atoms with E-state index in [4.69, 9.17) is 16.2 Å². The maximum atomic E-state index is 10.7. The quantitative estimate of drug-likeness (QED) is 0.159. The summed E-state index contributed by atoms with van der Waals surface area (Å²) in [6.07, 6.45) is 21.1. The lowest BCUT2D eigenvalue weighted by Crippen LogP contribution is -2.40. The standard InChI is InChI=1S/C21H43N3O2/c1-2-3-4-5-6-7-8-9-10-11-12-13-14-15-16-17-18-24(21(22)23)19-20(25)26/h2-19H2,1H3,(H3,22,23)(H,25,26). The third-order valence-corrected chi connectivity index (χ3v) is 4.95. The van der Waals surface area contributed by atoms with Crippen molar-refractivity contribution in [2.75, 3.05) is 13.1 Å². The van der Waals surface area contributed by atoms with Crippen molar-refractivity contribution in [3.05, 3.63) is 0 Å². The number of hydrogen-bond acceptors (Lipinski definition) is 2. The molecule has 0 saturated carbocycles. The monoisotopic (exact) mass is 369 g/mol. The number of nitrogens with zero attached hydrogens (tertiary/aromatic N) is 1. The van der Waals surface area contributed by atoms with Crippen molar-refractivity contribution >= 4 is 11.9 Å². The van der Waals surface area contributed by atoms with Gasteiger partial charge in [-0.05, 0) is 6.42 Å². The van der Waals surface area contributed by atoms with Crippen LogP contribution in [-0.4, -0.2) is 35.0 Å². The number of nitrogens with one attached hydrogen (secondary N) is 1. The average molecular weight is 370 g/mol. The Morgan fingerprint density at radius 2 is 1.12 bits per heavy atom. The van der Waals surface area contributed by atoms with Gasteiger partial charge in [-0.25, -0.2) is 0 Å². The first-order chi connectivity index (χ1) is 12.6. The second-order valence-corrected chi connectivity index (χ2v) is 7.50. The summed E-state index contributed by atoms with van der Waals surface area (Å²) in [4.78, 5) is 12.1. The Morgan fingerprint density at radius 3 is 1.42 bits per heavy atom. The van der Waals surface area contributed by atoms with E-state index in [1.165, 1.54) is 94.8 Å². The van der Waals surface area contributed by atoms with E-state index >= 15 is 0 Å². The fraction of sp³-hybridized carbons (Fsp3) is 0.905. The highest BCUT2D eigenvalue weighted by molar-refractivity contribution is 5.80. The molecule has 154 valence electrons.